The first-order chi connectivity index (χ1) is 32.0. The fraction of sp³-hybridized carbons (Fsp3) is 0.440. The number of hydrogen-bond donors (Lipinski definition) is 2. The maximum atomic E-state index is 13.7. The fourth-order valence-electron chi connectivity index (χ4n) is 10.8. The van der Waals surface area contributed by atoms with Crippen molar-refractivity contribution >= 4 is 51.3 Å². The second kappa shape index (κ2) is 18.1. The van der Waals surface area contributed by atoms with Crippen LogP contribution < -0.4 is 21.6 Å². The number of imidazole rings is 1. The highest BCUT2D eigenvalue weighted by Crippen LogP contribution is 2.31. The molecule has 4 aliphatic heterocycles. The van der Waals surface area contributed by atoms with Crippen LogP contribution in [-0.4, -0.2) is 132 Å². The Kier molecular flexibility index (Phi) is 12.0. The van der Waals surface area contributed by atoms with E-state index in [0.717, 1.165) is 136 Å². The predicted molar refractivity (Wildman–Crippen MR) is 256 cm³/mol. The number of hydrogen-bond acceptors (Lipinski definition) is 11. The summed E-state index contributed by atoms with van der Waals surface area (Å²) in [5.74, 6) is 0.474. The number of piperidine rings is 2. The third kappa shape index (κ3) is 8.60. The summed E-state index contributed by atoms with van der Waals surface area (Å²) in [6.45, 7) is 13.2. The van der Waals surface area contributed by atoms with Gasteiger partial charge in [0.2, 0.25) is 11.8 Å². The number of nitrogens with two attached hydrogens (primary N) is 1. The lowest BCUT2D eigenvalue weighted by Gasteiger charge is -2.42. The van der Waals surface area contributed by atoms with Crippen LogP contribution in [0.25, 0.3) is 33.2 Å². The molecule has 0 spiro atoms. The van der Waals surface area contributed by atoms with Gasteiger partial charge in [-0.25, -0.2) is 14.8 Å². The number of carbonyl (C=O) groups excluding carboxylic acids is 3. The Labute approximate surface area is 384 Å². The van der Waals surface area contributed by atoms with E-state index in [2.05, 4.69) is 78.8 Å². The highest BCUT2D eigenvalue weighted by atomic mass is 16.2. The molecule has 2 atom stereocenters. The number of anilines is 2. The number of aromatic nitrogens is 5. The number of imide groups is 1. The van der Waals surface area contributed by atoms with E-state index in [0.29, 0.717) is 29.7 Å². The van der Waals surface area contributed by atoms with Crippen LogP contribution in [0.3, 0.4) is 0 Å². The molecule has 0 aliphatic carbocycles. The molecule has 16 heteroatoms. The molecule has 6 aromatic rings. The summed E-state index contributed by atoms with van der Waals surface area (Å²) in [5, 5.41) is 3.50. The number of rotatable bonds is 10. The minimum absolute atomic E-state index is 0.123. The van der Waals surface area contributed by atoms with Crippen molar-refractivity contribution in [2.75, 3.05) is 76.1 Å². The van der Waals surface area contributed by atoms with Crippen LogP contribution in [0.2, 0.25) is 0 Å². The van der Waals surface area contributed by atoms with Gasteiger partial charge in [-0.05, 0) is 104 Å². The van der Waals surface area contributed by atoms with E-state index in [1.165, 1.54) is 10.3 Å². The third-order valence-electron chi connectivity index (χ3n) is 14.7. The van der Waals surface area contributed by atoms with Gasteiger partial charge in [-0.2, -0.15) is 0 Å². The zero-order chi connectivity index (χ0) is 45.6. The Bertz CT molecular complexity index is 2830. The number of nitrogens with zero attached hydrogens (tertiary/aromatic N) is 10. The molecule has 4 aromatic heterocycles. The van der Waals surface area contributed by atoms with Crippen LogP contribution in [0.1, 0.15) is 60.3 Å². The Morgan fingerprint density at radius 1 is 0.788 bits per heavy atom. The molecule has 16 nitrogen and oxygen atoms in total. The van der Waals surface area contributed by atoms with Gasteiger partial charge in [0, 0.05) is 145 Å². The molecular formula is C50H60N12O4. The number of carbonyl (C=O) groups is 3. The van der Waals surface area contributed by atoms with Crippen molar-refractivity contribution in [1.82, 2.24) is 48.6 Å². The summed E-state index contributed by atoms with van der Waals surface area (Å²) in [6, 6.07) is 22.1. The van der Waals surface area contributed by atoms with Crippen LogP contribution in [0.5, 0.6) is 0 Å². The third-order valence-corrected chi connectivity index (χ3v) is 14.7. The Balaban J connectivity index is 0.673. The number of fused-ring (bicyclic) bond motifs is 2. The molecular weight excluding hydrogens is 833 g/mol. The monoisotopic (exact) mass is 892 g/mol. The number of amides is 3. The van der Waals surface area contributed by atoms with Gasteiger partial charge in [-0.3, -0.25) is 43.5 Å². The summed E-state index contributed by atoms with van der Waals surface area (Å²) in [4.78, 5) is 72.4. The van der Waals surface area contributed by atoms with Crippen molar-refractivity contribution in [1.29, 1.82) is 0 Å². The lowest BCUT2D eigenvalue weighted by atomic mass is 9.94. The average molecular weight is 893 g/mol. The second-order valence-electron chi connectivity index (χ2n) is 18.9. The van der Waals surface area contributed by atoms with Crippen molar-refractivity contribution < 1.29 is 14.4 Å². The fourth-order valence-corrected chi connectivity index (χ4v) is 10.8. The second-order valence-corrected chi connectivity index (χ2v) is 18.9. The van der Waals surface area contributed by atoms with Gasteiger partial charge < -0.3 is 20.1 Å². The van der Waals surface area contributed by atoms with Crippen LogP contribution in [0, 0.1) is 5.92 Å². The molecule has 0 saturated carbocycles. The van der Waals surface area contributed by atoms with Crippen molar-refractivity contribution in [2.45, 2.75) is 57.8 Å². The topological polar surface area (TPSA) is 163 Å². The molecule has 66 heavy (non-hydrogen) atoms. The number of likely N-dealkylation sites (tertiary alicyclic amines) is 1. The predicted octanol–water partition coefficient (Wildman–Crippen LogP) is 4.23. The maximum absolute atomic E-state index is 13.7. The standard InChI is InChI=1S/C50H60N12O4/c1-33-29-58(30-35-4-10-42-44(26-35)56(3)50(66)62(42)43-11-13-46(63)54-48(43)64)22-25-61(33)31-34-15-18-60(19-16-34)49(65)36-5-8-38(9-6-36)59-23-20-57(21-24-59)32-39-27-41-40(14-17-52-47(41)55(39)2)37-7-12-45(51)53-28-37/h4-10,12,14,17,26-28,33-34,43H,11,13,15-16,18-25,29-32H2,1-3H3,(H2,51,53)(H,54,63,64)/t33-,43?/m0/s1. The molecule has 3 amide bonds. The van der Waals surface area contributed by atoms with Crippen molar-refractivity contribution in [2.24, 2.45) is 20.0 Å². The molecule has 1 unspecified atom stereocenters. The smallest absolute Gasteiger partial charge is 0.329 e. The Morgan fingerprint density at radius 2 is 1.56 bits per heavy atom. The van der Waals surface area contributed by atoms with Gasteiger partial charge in [0.1, 0.15) is 17.5 Å². The summed E-state index contributed by atoms with van der Waals surface area (Å²) in [7, 11) is 3.83. The molecule has 344 valence electrons. The lowest BCUT2D eigenvalue weighted by molar-refractivity contribution is -0.135. The summed E-state index contributed by atoms with van der Waals surface area (Å²) < 4.78 is 5.34. The first-order valence-corrected chi connectivity index (χ1v) is 23.5. The highest BCUT2D eigenvalue weighted by Gasteiger charge is 2.33. The van der Waals surface area contributed by atoms with Gasteiger partial charge in [0.15, 0.2) is 0 Å². The molecule has 0 bridgehead atoms. The summed E-state index contributed by atoms with van der Waals surface area (Å²) >= 11 is 0. The van der Waals surface area contributed by atoms with E-state index in [9.17, 15) is 19.2 Å². The highest BCUT2D eigenvalue weighted by molar-refractivity contribution is 6.00. The van der Waals surface area contributed by atoms with Gasteiger partial charge in [-0.1, -0.05) is 6.07 Å². The zero-order valence-electron chi connectivity index (χ0n) is 38.2. The van der Waals surface area contributed by atoms with Crippen LogP contribution in [-0.2, 0) is 36.8 Å². The molecule has 8 heterocycles. The summed E-state index contributed by atoms with van der Waals surface area (Å²) in [5.41, 5.74) is 14.5. The molecule has 4 aliphatic rings. The van der Waals surface area contributed by atoms with E-state index in [-0.39, 0.29) is 23.9 Å². The first kappa shape index (κ1) is 43.5. The minimum atomic E-state index is -0.688. The Morgan fingerprint density at radius 3 is 2.29 bits per heavy atom. The van der Waals surface area contributed by atoms with Crippen LogP contribution in [0.4, 0.5) is 11.5 Å². The van der Waals surface area contributed by atoms with E-state index >= 15 is 0 Å². The Hall–Kier alpha value is -6.36. The molecule has 2 aromatic carbocycles. The van der Waals surface area contributed by atoms with Gasteiger partial charge in [0.25, 0.3) is 5.91 Å². The minimum Gasteiger partial charge on any atom is -0.384 e. The number of aryl methyl sites for hydroxylation is 2. The van der Waals surface area contributed by atoms with Gasteiger partial charge in [-0.15, -0.1) is 0 Å². The number of nitrogens with one attached hydrogen (secondary N) is 1. The number of nitrogen functional groups attached to an aromatic ring is 1. The number of pyridine rings is 2. The first-order valence-electron chi connectivity index (χ1n) is 23.5. The van der Waals surface area contributed by atoms with E-state index in [1.54, 1.807) is 11.6 Å². The average Bonchev–Trinajstić information content (AvgIpc) is 3.77. The number of benzene rings is 2. The van der Waals surface area contributed by atoms with Gasteiger partial charge in [0.05, 0.1) is 11.0 Å². The zero-order valence-corrected chi connectivity index (χ0v) is 38.2. The van der Waals surface area contributed by atoms with Crippen LogP contribution in [0.15, 0.2) is 83.9 Å². The maximum Gasteiger partial charge on any atom is 0.329 e. The molecule has 4 saturated heterocycles. The SMILES string of the molecule is C[C@H]1CN(Cc2ccc3c(c2)n(C)c(=O)n3C2CCC(=O)NC2=O)CCN1CC1CCN(C(=O)c2ccc(N3CCN(Cc4cc5c(-c6ccc(N)nc6)ccnc5n4C)CC3)cc2)CC1. The largest absolute Gasteiger partial charge is 0.384 e. The van der Waals surface area contributed by atoms with Crippen molar-refractivity contribution in [3.05, 3.63) is 106 Å². The van der Waals surface area contributed by atoms with Crippen LogP contribution >= 0.6 is 0 Å². The van der Waals surface area contributed by atoms with E-state index < -0.39 is 11.9 Å². The molecule has 10 rings (SSSR count). The molecule has 4 fully saturated rings. The molecule has 3 N–H and O–H groups in total. The van der Waals surface area contributed by atoms with E-state index in [1.807, 2.05) is 53.7 Å². The molecule has 0 radical (unpaired) electrons. The van der Waals surface area contributed by atoms with Crippen molar-refractivity contribution in [3.8, 4) is 11.1 Å². The van der Waals surface area contributed by atoms with Crippen molar-refractivity contribution in [3.63, 3.8) is 0 Å². The normalized spacial score (nSPS) is 20.7. The van der Waals surface area contributed by atoms with Gasteiger partial charge >= 0.3 is 5.69 Å². The summed E-state index contributed by atoms with van der Waals surface area (Å²) in [6.07, 6.45) is 6.24. The number of piperazine rings is 2. The lowest BCUT2D eigenvalue weighted by Crippen LogP contribution is -2.53. The van der Waals surface area contributed by atoms with E-state index in [4.69, 9.17) is 10.7 Å². The quantitative estimate of drug-likeness (QED) is 0.190.